The molecule has 4 aromatic rings. The molecule has 11 heteroatoms. The van der Waals surface area contributed by atoms with Crippen LogP contribution in [0.4, 0.5) is 21.8 Å². The van der Waals surface area contributed by atoms with Crippen LogP contribution in [0.3, 0.4) is 0 Å². The SMILES string of the molecule is Cl.N#Cc1cc(F)c(-c2nc3ccnc(Nc4cc(N)ncn4)c3s2)c(Cl)c1. The number of nitrogens with zero attached hydrogens (tertiary/aromatic N) is 5. The lowest BCUT2D eigenvalue weighted by Gasteiger charge is -2.05. The van der Waals surface area contributed by atoms with Gasteiger partial charge in [0.05, 0.1) is 32.4 Å². The fourth-order valence-electron chi connectivity index (χ4n) is 2.46. The molecule has 3 heterocycles. The van der Waals surface area contributed by atoms with Crippen LogP contribution in [-0.2, 0) is 0 Å². The average molecular weight is 434 g/mol. The molecule has 0 unspecified atom stereocenters. The van der Waals surface area contributed by atoms with Crippen molar-refractivity contribution >= 4 is 63.0 Å². The van der Waals surface area contributed by atoms with E-state index in [1.807, 2.05) is 6.07 Å². The van der Waals surface area contributed by atoms with Crippen molar-refractivity contribution in [2.75, 3.05) is 11.1 Å². The van der Waals surface area contributed by atoms with Gasteiger partial charge in [-0.2, -0.15) is 5.26 Å². The first-order valence-corrected chi connectivity index (χ1v) is 8.74. The number of anilines is 3. The van der Waals surface area contributed by atoms with E-state index in [1.54, 1.807) is 18.3 Å². The monoisotopic (exact) mass is 433 g/mol. The number of thiazole rings is 1. The molecule has 1 aromatic carbocycles. The van der Waals surface area contributed by atoms with Crippen molar-refractivity contribution in [3.05, 3.63) is 53.2 Å². The van der Waals surface area contributed by atoms with E-state index in [0.29, 0.717) is 32.7 Å². The van der Waals surface area contributed by atoms with Gasteiger partial charge in [-0.25, -0.2) is 24.3 Å². The number of nitrogens with two attached hydrogens (primary N) is 1. The van der Waals surface area contributed by atoms with Gasteiger partial charge in [-0.1, -0.05) is 11.6 Å². The van der Waals surface area contributed by atoms with Crippen molar-refractivity contribution in [1.29, 1.82) is 5.26 Å². The second kappa shape index (κ2) is 7.90. The summed E-state index contributed by atoms with van der Waals surface area (Å²) >= 11 is 7.40. The number of nitriles is 1. The Bertz CT molecular complexity index is 1200. The summed E-state index contributed by atoms with van der Waals surface area (Å²) in [7, 11) is 0. The lowest BCUT2D eigenvalue weighted by Crippen LogP contribution is -1.98. The van der Waals surface area contributed by atoms with Crippen molar-refractivity contribution in [3.63, 3.8) is 0 Å². The molecule has 3 aromatic heterocycles. The third kappa shape index (κ3) is 3.66. The van der Waals surface area contributed by atoms with Crippen LogP contribution in [0.25, 0.3) is 20.8 Å². The van der Waals surface area contributed by atoms with Crippen LogP contribution in [0.5, 0.6) is 0 Å². The number of nitrogens with one attached hydrogen (secondary N) is 1. The molecular weight excluding hydrogens is 424 g/mol. The molecule has 0 bridgehead atoms. The van der Waals surface area contributed by atoms with E-state index in [9.17, 15) is 4.39 Å². The fourth-order valence-corrected chi connectivity index (χ4v) is 3.87. The van der Waals surface area contributed by atoms with Gasteiger partial charge in [0.15, 0.2) is 5.82 Å². The zero-order valence-corrected chi connectivity index (χ0v) is 16.2. The number of fused-ring (bicyclic) bond motifs is 1. The van der Waals surface area contributed by atoms with Gasteiger partial charge in [-0.05, 0) is 18.2 Å². The summed E-state index contributed by atoms with van der Waals surface area (Å²) in [6.45, 7) is 0. The summed E-state index contributed by atoms with van der Waals surface area (Å²) in [5.74, 6) is 0.680. The molecule has 140 valence electrons. The average Bonchev–Trinajstić information content (AvgIpc) is 3.05. The number of hydrogen-bond donors (Lipinski definition) is 2. The first-order chi connectivity index (χ1) is 13.0. The lowest BCUT2D eigenvalue weighted by atomic mass is 10.1. The minimum atomic E-state index is -0.607. The van der Waals surface area contributed by atoms with Crippen molar-refractivity contribution in [1.82, 2.24) is 19.9 Å². The number of halogens is 3. The number of hydrogen-bond acceptors (Lipinski definition) is 8. The molecule has 0 spiro atoms. The van der Waals surface area contributed by atoms with Crippen molar-refractivity contribution in [3.8, 4) is 16.6 Å². The van der Waals surface area contributed by atoms with Crippen LogP contribution in [0, 0.1) is 17.1 Å². The predicted octanol–water partition coefficient (Wildman–Crippen LogP) is 4.56. The van der Waals surface area contributed by atoms with Crippen LogP contribution in [0.1, 0.15) is 5.56 Å². The van der Waals surface area contributed by atoms with Crippen molar-refractivity contribution in [2.45, 2.75) is 0 Å². The summed E-state index contributed by atoms with van der Waals surface area (Å²) in [4.78, 5) is 16.7. The van der Waals surface area contributed by atoms with E-state index in [4.69, 9.17) is 22.6 Å². The number of nitrogen functional groups attached to an aromatic ring is 1. The molecular formula is C17H10Cl2FN7S. The predicted molar refractivity (Wildman–Crippen MR) is 110 cm³/mol. The summed E-state index contributed by atoms with van der Waals surface area (Å²) in [6.07, 6.45) is 2.91. The second-order valence-electron chi connectivity index (χ2n) is 5.41. The molecule has 28 heavy (non-hydrogen) atoms. The molecule has 0 aliphatic heterocycles. The van der Waals surface area contributed by atoms with E-state index >= 15 is 0 Å². The van der Waals surface area contributed by atoms with Gasteiger partial charge in [-0.3, -0.25) is 0 Å². The Balaban J connectivity index is 0.00000225. The standard InChI is InChI=1S/C17H9ClFN7S.ClH/c18-9-3-8(6-20)4-10(19)14(9)17-25-11-1-2-22-16(15(11)27-17)26-13-5-12(21)23-7-24-13;/h1-5,7H,(H3,21,22,23,24,26);1H. The maximum atomic E-state index is 14.5. The second-order valence-corrected chi connectivity index (χ2v) is 6.81. The van der Waals surface area contributed by atoms with Crippen LogP contribution < -0.4 is 11.1 Å². The first-order valence-electron chi connectivity index (χ1n) is 7.55. The zero-order chi connectivity index (χ0) is 19.0. The molecule has 0 saturated heterocycles. The van der Waals surface area contributed by atoms with Crippen molar-refractivity contribution in [2.24, 2.45) is 0 Å². The van der Waals surface area contributed by atoms with E-state index < -0.39 is 5.82 Å². The highest BCUT2D eigenvalue weighted by atomic mass is 35.5. The van der Waals surface area contributed by atoms with Gasteiger partial charge in [0.25, 0.3) is 0 Å². The molecule has 0 radical (unpaired) electrons. The summed E-state index contributed by atoms with van der Waals surface area (Å²) in [5.41, 5.74) is 6.57. The smallest absolute Gasteiger partial charge is 0.151 e. The molecule has 3 N–H and O–H groups in total. The summed E-state index contributed by atoms with van der Waals surface area (Å²) < 4.78 is 15.2. The maximum Gasteiger partial charge on any atom is 0.151 e. The molecule has 0 amide bonds. The molecule has 0 aliphatic rings. The highest BCUT2D eigenvalue weighted by molar-refractivity contribution is 7.22. The molecule has 0 fully saturated rings. The first kappa shape index (κ1) is 19.7. The Morgan fingerprint density at radius 3 is 2.75 bits per heavy atom. The quantitative estimate of drug-likeness (QED) is 0.486. The zero-order valence-electron chi connectivity index (χ0n) is 13.8. The van der Waals surface area contributed by atoms with Crippen LogP contribution in [0.2, 0.25) is 5.02 Å². The minimum absolute atomic E-state index is 0. The minimum Gasteiger partial charge on any atom is -0.384 e. The van der Waals surface area contributed by atoms with Gasteiger partial charge < -0.3 is 11.1 Å². The number of benzene rings is 1. The van der Waals surface area contributed by atoms with Gasteiger partial charge in [0.2, 0.25) is 0 Å². The number of pyridine rings is 1. The van der Waals surface area contributed by atoms with E-state index in [2.05, 4.69) is 25.3 Å². The Labute approximate surface area is 173 Å². The van der Waals surface area contributed by atoms with Gasteiger partial charge in [0, 0.05) is 12.3 Å². The van der Waals surface area contributed by atoms with E-state index in [1.165, 1.54) is 23.7 Å². The van der Waals surface area contributed by atoms with E-state index in [-0.39, 0.29) is 28.6 Å². The number of aromatic nitrogens is 4. The maximum absolute atomic E-state index is 14.5. The molecule has 4 rings (SSSR count). The van der Waals surface area contributed by atoms with Crippen LogP contribution in [0.15, 0.2) is 36.8 Å². The Hall–Kier alpha value is -3.06. The normalized spacial score (nSPS) is 10.3. The molecule has 7 nitrogen and oxygen atoms in total. The summed E-state index contributed by atoms with van der Waals surface area (Å²) in [5, 5.41) is 12.5. The topological polar surface area (TPSA) is 113 Å². The Morgan fingerprint density at radius 1 is 1.21 bits per heavy atom. The molecule has 0 aliphatic carbocycles. The highest BCUT2D eigenvalue weighted by Crippen LogP contribution is 2.39. The third-order valence-electron chi connectivity index (χ3n) is 3.62. The summed E-state index contributed by atoms with van der Waals surface area (Å²) in [6, 6.07) is 7.70. The highest BCUT2D eigenvalue weighted by Gasteiger charge is 2.18. The van der Waals surface area contributed by atoms with Gasteiger partial charge in [0.1, 0.15) is 28.8 Å². The van der Waals surface area contributed by atoms with E-state index in [0.717, 1.165) is 6.07 Å². The van der Waals surface area contributed by atoms with Crippen LogP contribution >= 0.6 is 35.3 Å². The van der Waals surface area contributed by atoms with Gasteiger partial charge in [-0.15, -0.1) is 23.7 Å². The molecule has 0 saturated carbocycles. The van der Waals surface area contributed by atoms with Crippen LogP contribution in [-0.4, -0.2) is 19.9 Å². The van der Waals surface area contributed by atoms with Crippen molar-refractivity contribution < 1.29 is 4.39 Å². The number of rotatable bonds is 3. The largest absolute Gasteiger partial charge is 0.384 e. The Kier molecular flexibility index (Phi) is 5.56. The van der Waals surface area contributed by atoms with Gasteiger partial charge >= 0.3 is 0 Å². The third-order valence-corrected chi connectivity index (χ3v) is 5.02. The lowest BCUT2D eigenvalue weighted by molar-refractivity contribution is 0.631. The Morgan fingerprint density at radius 2 is 2.04 bits per heavy atom. The molecule has 0 atom stereocenters. The fraction of sp³-hybridized carbons (Fsp3) is 0.